The Kier molecular flexibility index (Phi) is 3.42. The zero-order valence-electron chi connectivity index (χ0n) is 8.27. The van der Waals surface area contributed by atoms with Crippen LogP contribution in [0.5, 0.6) is 0 Å². The Hall–Kier alpha value is 0. The minimum atomic E-state index is 0.905. The van der Waals surface area contributed by atoms with Crippen LogP contribution in [0.4, 0.5) is 0 Å². The lowest BCUT2D eigenvalue weighted by molar-refractivity contribution is 0.357. The molecule has 0 heterocycles. The van der Waals surface area contributed by atoms with Crippen LogP contribution in [0, 0.1) is 17.8 Å². The third kappa shape index (κ3) is 2.84. The Morgan fingerprint density at radius 1 is 1.27 bits per heavy atom. The van der Waals surface area contributed by atoms with Crippen LogP contribution in [0.3, 0.4) is 0 Å². The SMILES string of the molecule is CC(C)CCC1CCCC1C. The van der Waals surface area contributed by atoms with Gasteiger partial charge >= 0.3 is 0 Å². The summed E-state index contributed by atoms with van der Waals surface area (Å²) in [5.41, 5.74) is 0. The van der Waals surface area contributed by atoms with E-state index in [1.165, 1.54) is 32.1 Å². The number of hydrogen-bond donors (Lipinski definition) is 0. The Labute approximate surface area is 71.4 Å². The molecule has 0 heteroatoms. The molecule has 66 valence electrons. The molecule has 11 heavy (non-hydrogen) atoms. The van der Waals surface area contributed by atoms with E-state index in [-0.39, 0.29) is 0 Å². The summed E-state index contributed by atoms with van der Waals surface area (Å²) in [6.45, 7) is 7.09. The molecule has 1 saturated carbocycles. The molecule has 0 aromatic heterocycles. The van der Waals surface area contributed by atoms with Crippen molar-refractivity contribution in [1.82, 2.24) is 0 Å². The Morgan fingerprint density at radius 2 is 2.00 bits per heavy atom. The first-order valence-corrected chi connectivity index (χ1v) is 5.20. The highest BCUT2D eigenvalue weighted by atomic mass is 14.3. The molecule has 0 aromatic carbocycles. The normalized spacial score (nSPS) is 31.6. The van der Waals surface area contributed by atoms with Gasteiger partial charge in [0.2, 0.25) is 0 Å². The minimum Gasteiger partial charge on any atom is -0.0628 e. The molecule has 0 amide bonds. The molecule has 0 saturated heterocycles. The fourth-order valence-corrected chi connectivity index (χ4v) is 2.20. The highest BCUT2D eigenvalue weighted by Gasteiger charge is 2.22. The van der Waals surface area contributed by atoms with Gasteiger partial charge < -0.3 is 0 Å². The quantitative estimate of drug-likeness (QED) is 0.579. The highest BCUT2D eigenvalue weighted by Crippen LogP contribution is 2.34. The summed E-state index contributed by atoms with van der Waals surface area (Å²) in [7, 11) is 0. The molecule has 1 aliphatic rings. The average Bonchev–Trinajstić information content (AvgIpc) is 2.31. The van der Waals surface area contributed by atoms with Crippen molar-refractivity contribution in [2.24, 2.45) is 17.8 Å². The first-order valence-electron chi connectivity index (χ1n) is 5.20. The van der Waals surface area contributed by atoms with E-state index in [1.54, 1.807) is 0 Å². The van der Waals surface area contributed by atoms with Crippen LogP contribution >= 0.6 is 0 Å². The van der Waals surface area contributed by atoms with Crippen LogP contribution in [0.15, 0.2) is 0 Å². The monoisotopic (exact) mass is 154 g/mol. The Morgan fingerprint density at radius 3 is 2.45 bits per heavy atom. The maximum atomic E-state index is 2.43. The maximum Gasteiger partial charge on any atom is -0.0388 e. The summed E-state index contributed by atoms with van der Waals surface area (Å²) in [6.07, 6.45) is 7.41. The van der Waals surface area contributed by atoms with Crippen LogP contribution in [0.1, 0.15) is 52.9 Å². The molecule has 1 aliphatic carbocycles. The van der Waals surface area contributed by atoms with Crippen LogP contribution in [0.2, 0.25) is 0 Å². The lowest BCUT2D eigenvalue weighted by Gasteiger charge is -2.15. The van der Waals surface area contributed by atoms with Gasteiger partial charge in [-0.2, -0.15) is 0 Å². The van der Waals surface area contributed by atoms with Gasteiger partial charge in [-0.1, -0.05) is 46.5 Å². The van der Waals surface area contributed by atoms with Crippen molar-refractivity contribution < 1.29 is 0 Å². The minimum absolute atomic E-state index is 0.905. The summed E-state index contributed by atoms with van der Waals surface area (Å²) in [5, 5.41) is 0. The zero-order chi connectivity index (χ0) is 8.27. The van der Waals surface area contributed by atoms with Crippen molar-refractivity contribution >= 4 is 0 Å². The Balaban J connectivity index is 2.15. The van der Waals surface area contributed by atoms with Crippen molar-refractivity contribution in [1.29, 1.82) is 0 Å². The Bertz CT molecular complexity index is 105. The number of hydrogen-bond acceptors (Lipinski definition) is 0. The van der Waals surface area contributed by atoms with Gasteiger partial charge in [-0.05, 0) is 24.2 Å². The fraction of sp³-hybridized carbons (Fsp3) is 1.00. The lowest BCUT2D eigenvalue weighted by atomic mass is 9.90. The molecule has 0 radical (unpaired) electrons. The smallest absolute Gasteiger partial charge is 0.0388 e. The van der Waals surface area contributed by atoms with Crippen LogP contribution < -0.4 is 0 Å². The molecule has 0 N–H and O–H groups in total. The second-order valence-corrected chi connectivity index (χ2v) is 4.64. The molecule has 0 spiro atoms. The van der Waals surface area contributed by atoms with Crippen molar-refractivity contribution in [3.8, 4) is 0 Å². The average molecular weight is 154 g/mol. The predicted molar refractivity (Wildman–Crippen MR) is 50.6 cm³/mol. The highest BCUT2D eigenvalue weighted by molar-refractivity contribution is 4.74. The topological polar surface area (TPSA) is 0 Å². The van der Waals surface area contributed by atoms with E-state index in [0.717, 1.165) is 17.8 Å². The van der Waals surface area contributed by atoms with E-state index in [0.29, 0.717) is 0 Å². The zero-order valence-corrected chi connectivity index (χ0v) is 8.27. The van der Waals surface area contributed by atoms with Crippen molar-refractivity contribution in [3.05, 3.63) is 0 Å². The van der Waals surface area contributed by atoms with Crippen molar-refractivity contribution in [2.45, 2.75) is 52.9 Å². The van der Waals surface area contributed by atoms with E-state index >= 15 is 0 Å². The van der Waals surface area contributed by atoms with Crippen LogP contribution in [0.25, 0.3) is 0 Å². The molecule has 0 aliphatic heterocycles. The van der Waals surface area contributed by atoms with E-state index < -0.39 is 0 Å². The van der Waals surface area contributed by atoms with E-state index in [9.17, 15) is 0 Å². The van der Waals surface area contributed by atoms with Crippen molar-refractivity contribution in [3.63, 3.8) is 0 Å². The van der Waals surface area contributed by atoms with E-state index in [4.69, 9.17) is 0 Å². The first-order chi connectivity index (χ1) is 5.20. The fourth-order valence-electron chi connectivity index (χ4n) is 2.20. The van der Waals surface area contributed by atoms with Gasteiger partial charge in [0, 0.05) is 0 Å². The van der Waals surface area contributed by atoms with Gasteiger partial charge in [0.25, 0.3) is 0 Å². The summed E-state index contributed by atoms with van der Waals surface area (Å²) in [4.78, 5) is 0. The van der Waals surface area contributed by atoms with E-state index in [2.05, 4.69) is 20.8 Å². The molecule has 1 fully saturated rings. The van der Waals surface area contributed by atoms with Gasteiger partial charge in [0.1, 0.15) is 0 Å². The summed E-state index contributed by atoms with van der Waals surface area (Å²) in [5.74, 6) is 2.99. The van der Waals surface area contributed by atoms with Crippen LogP contribution in [-0.4, -0.2) is 0 Å². The molecular weight excluding hydrogens is 132 g/mol. The second kappa shape index (κ2) is 4.13. The van der Waals surface area contributed by atoms with Gasteiger partial charge in [0.05, 0.1) is 0 Å². The lowest BCUT2D eigenvalue weighted by Crippen LogP contribution is -2.04. The predicted octanol–water partition coefficient (Wildman–Crippen LogP) is 3.86. The summed E-state index contributed by atoms with van der Waals surface area (Å²) >= 11 is 0. The van der Waals surface area contributed by atoms with Gasteiger partial charge in [-0.3, -0.25) is 0 Å². The van der Waals surface area contributed by atoms with Crippen LogP contribution in [-0.2, 0) is 0 Å². The summed E-state index contributed by atoms with van der Waals surface area (Å²) in [6, 6.07) is 0. The number of rotatable bonds is 3. The third-order valence-electron chi connectivity index (χ3n) is 3.15. The van der Waals surface area contributed by atoms with Gasteiger partial charge in [-0.25, -0.2) is 0 Å². The molecular formula is C11H22. The largest absolute Gasteiger partial charge is 0.0628 e. The van der Waals surface area contributed by atoms with E-state index in [1.807, 2.05) is 0 Å². The second-order valence-electron chi connectivity index (χ2n) is 4.64. The molecule has 0 nitrogen and oxygen atoms in total. The molecule has 0 bridgehead atoms. The van der Waals surface area contributed by atoms with Gasteiger partial charge in [-0.15, -0.1) is 0 Å². The maximum absolute atomic E-state index is 2.43. The summed E-state index contributed by atoms with van der Waals surface area (Å²) < 4.78 is 0. The molecule has 1 rings (SSSR count). The standard InChI is InChI=1S/C11H22/c1-9(2)7-8-11-6-4-5-10(11)3/h9-11H,4-8H2,1-3H3. The molecule has 2 unspecified atom stereocenters. The van der Waals surface area contributed by atoms with Gasteiger partial charge in [0.15, 0.2) is 0 Å². The molecule has 0 aromatic rings. The third-order valence-corrected chi connectivity index (χ3v) is 3.15. The molecule has 2 atom stereocenters. The van der Waals surface area contributed by atoms with Crippen molar-refractivity contribution in [2.75, 3.05) is 0 Å². The first kappa shape index (κ1) is 9.09.